The molecule has 1 aromatic heterocycles. The molecule has 0 aliphatic carbocycles. The standard InChI is InChI=1S/C11H10ClNS2/c12-9-6-8(7-13)3-4-10(9)15-11-2-1-5-14-11/h1-6H,7,13H2. The molecule has 1 aromatic carbocycles. The fraction of sp³-hybridized carbons (Fsp3) is 0.0909. The van der Waals surface area contributed by atoms with Gasteiger partial charge in [0.05, 0.1) is 9.23 Å². The van der Waals surface area contributed by atoms with E-state index in [4.69, 9.17) is 17.3 Å². The summed E-state index contributed by atoms with van der Waals surface area (Å²) in [4.78, 5) is 1.08. The molecule has 0 saturated carbocycles. The molecule has 78 valence electrons. The Hall–Kier alpha value is -0.480. The molecular weight excluding hydrogens is 246 g/mol. The number of thiophene rings is 1. The molecule has 2 N–H and O–H groups in total. The van der Waals surface area contributed by atoms with Crippen molar-refractivity contribution in [2.45, 2.75) is 15.6 Å². The quantitative estimate of drug-likeness (QED) is 0.897. The minimum absolute atomic E-state index is 0.531. The number of rotatable bonds is 3. The van der Waals surface area contributed by atoms with Crippen molar-refractivity contribution in [2.24, 2.45) is 5.73 Å². The molecule has 15 heavy (non-hydrogen) atoms. The van der Waals surface area contributed by atoms with Crippen molar-refractivity contribution in [3.05, 3.63) is 46.3 Å². The van der Waals surface area contributed by atoms with Crippen LogP contribution in [0.15, 0.2) is 44.8 Å². The molecule has 0 bridgehead atoms. The van der Waals surface area contributed by atoms with E-state index in [9.17, 15) is 0 Å². The molecule has 0 unspecified atom stereocenters. The SMILES string of the molecule is NCc1ccc(Sc2cccs2)c(Cl)c1. The van der Waals surface area contributed by atoms with E-state index in [1.165, 1.54) is 4.21 Å². The minimum Gasteiger partial charge on any atom is -0.326 e. The summed E-state index contributed by atoms with van der Waals surface area (Å²) in [5, 5.41) is 2.83. The largest absolute Gasteiger partial charge is 0.326 e. The van der Waals surface area contributed by atoms with Crippen LogP contribution in [0.5, 0.6) is 0 Å². The summed E-state index contributed by atoms with van der Waals surface area (Å²) in [5.41, 5.74) is 6.61. The number of hydrogen-bond acceptors (Lipinski definition) is 3. The van der Waals surface area contributed by atoms with Gasteiger partial charge in [-0.2, -0.15) is 0 Å². The van der Waals surface area contributed by atoms with Crippen LogP contribution < -0.4 is 5.73 Å². The van der Waals surface area contributed by atoms with Gasteiger partial charge in [-0.25, -0.2) is 0 Å². The maximum absolute atomic E-state index is 6.15. The van der Waals surface area contributed by atoms with Gasteiger partial charge in [-0.1, -0.05) is 35.5 Å². The highest BCUT2D eigenvalue weighted by Crippen LogP contribution is 2.35. The van der Waals surface area contributed by atoms with Crippen LogP contribution in [0.3, 0.4) is 0 Å². The monoisotopic (exact) mass is 255 g/mol. The van der Waals surface area contributed by atoms with E-state index < -0.39 is 0 Å². The summed E-state index contributed by atoms with van der Waals surface area (Å²) in [6.07, 6.45) is 0. The average Bonchev–Trinajstić information content (AvgIpc) is 2.74. The van der Waals surface area contributed by atoms with Crippen LogP contribution >= 0.6 is 34.7 Å². The molecule has 2 aromatic rings. The van der Waals surface area contributed by atoms with E-state index in [0.29, 0.717) is 6.54 Å². The summed E-state index contributed by atoms with van der Waals surface area (Å²) in [6, 6.07) is 10.1. The van der Waals surface area contributed by atoms with Gasteiger partial charge in [0.1, 0.15) is 0 Å². The van der Waals surface area contributed by atoms with E-state index in [1.54, 1.807) is 23.1 Å². The second-order valence-electron chi connectivity index (χ2n) is 3.00. The van der Waals surface area contributed by atoms with Crippen molar-refractivity contribution in [3.8, 4) is 0 Å². The Morgan fingerprint density at radius 3 is 2.80 bits per heavy atom. The van der Waals surface area contributed by atoms with Crippen LogP contribution in [0.1, 0.15) is 5.56 Å². The number of halogens is 1. The molecule has 0 saturated heterocycles. The van der Waals surface area contributed by atoms with Crippen LogP contribution in [-0.2, 0) is 6.54 Å². The zero-order valence-electron chi connectivity index (χ0n) is 7.94. The Labute approximate surface area is 102 Å². The first kappa shape index (κ1) is 11.0. The van der Waals surface area contributed by atoms with E-state index in [2.05, 4.69) is 11.4 Å². The van der Waals surface area contributed by atoms with Crippen molar-refractivity contribution in [2.75, 3.05) is 0 Å². The summed E-state index contributed by atoms with van der Waals surface area (Å²) < 4.78 is 1.25. The fourth-order valence-electron chi connectivity index (χ4n) is 1.18. The Morgan fingerprint density at radius 1 is 1.33 bits per heavy atom. The Balaban J connectivity index is 2.22. The predicted octanol–water partition coefficient (Wildman–Crippen LogP) is 4.01. The van der Waals surface area contributed by atoms with Crippen molar-refractivity contribution in [1.29, 1.82) is 0 Å². The van der Waals surface area contributed by atoms with Crippen molar-refractivity contribution in [3.63, 3.8) is 0 Å². The van der Waals surface area contributed by atoms with Gasteiger partial charge in [0.25, 0.3) is 0 Å². The van der Waals surface area contributed by atoms with Gasteiger partial charge in [-0.15, -0.1) is 11.3 Å². The topological polar surface area (TPSA) is 26.0 Å². The van der Waals surface area contributed by atoms with Gasteiger partial charge in [-0.05, 0) is 29.1 Å². The van der Waals surface area contributed by atoms with E-state index in [0.717, 1.165) is 15.5 Å². The molecule has 0 fully saturated rings. The molecular formula is C11H10ClNS2. The maximum Gasteiger partial charge on any atom is 0.0646 e. The highest BCUT2D eigenvalue weighted by molar-refractivity contribution is 8.01. The predicted molar refractivity (Wildman–Crippen MR) is 67.8 cm³/mol. The highest BCUT2D eigenvalue weighted by Gasteiger charge is 2.04. The third kappa shape index (κ3) is 2.75. The molecule has 0 radical (unpaired) electrons. The second-order valence-corrected chi connectivity index (χ2v) is 5.70. The number of benzene rings is 1. The molecule has 1 nitrogen and oxygen atoms in total. The average molecular weight is 256 g/mol. The first-order chi connectivity index (χ1) is 7.29. The molecule has 4 heteroatoms. The van der Waals surface area contributed by atoms with Gasteiger partial charge in [-0.3, -0.25) is 0 Å². The second kappa shape index (κ2) is 5.03. The zero-order valence-corrected chi connectivity index (χ0v) is 10.3. The maximum atomic E-state index is 6.15. The number of nitrogens with two attached hydrogens (primary N) is 1. The van der Waals surface area contributed by atoms with Gasteiger partial charge in [0, 0.05) is 11.4 Å². The van der Waals surface area contributed by atoms with Crippen molar-refractivity contribution >= 4 is 34.7 Å². The lowest BCUT2D eigenvalue weighted by molar-refractivity contribution is 1.07. The van der Waals surface area contributed by atoms with Crippen LogP contribution in [0.25, 0.3) is 0 Å². The molecule has 2 rings (SSSR count). The van der Waals surface area contributed by atoms with Crippen LogP contribution in [0, 0.1) is 0 Å². The molecule has 0 aliphatic rings. The van der Waals surface area contributed by atoms with Crippen LogP contribution in [0.2, 0.25) is 5.02 Å². The first-order valence-electron chi connectivity index (χ1n) is 4.49. The van der Waals surface area contributed by atoms with Crippen LogP contribution in [0.4, 0.5) is 0 Å². The molecule has 0 spiro atoms. The molecule has 0 aliphatic heterocycles. The normalized spacial score (nSPS) is 10.5. The summed E-state index contributed by atoms with van der Waals surface area (Å²) in [7, 11) is 0. The van der Waals surface area contributed by atoms with Gasteiger partial charge in [0.2, 0.25) is 0 Å². The lowest BCUT2D eigenvalue weighted by Gasteiger charge is -2.04. The van der Waals surface area contributed by atoms with Crippen molar-refractivity contribution < 1.29 is 0 Å². The lowest BCUT2D eigenvalue weighted by atomic mass is 10.2. The summed E-state index contributed by atoms with van der Waals surface area (Å²) >= 11 is 9.56. The van der Waals surface area contributed by atoms with Crippen molar-refractivity contribution in [1.82, 2.24) is 0 Å². The van der Waals surface area contributed by atoms with Gasteiger partial charge >= 0.3 is 0 Å². The summed E-state index contributed by atoms with van der Waals surface area (Å²) in [5.74, 6) is 0. The van der Waals surface area contributed by atoms with E-state index in [-0.39, 0.29) is 0 Å². The van der Waals surface area contributed by atoms with Gasteiger partial charge in [0.15, 0.2) is 0 Å². The van der Waals surface area contributed by atoms with Gasteiger partial charge < -0.3 is 5.73 Å². The number of hydrogen-bond donors (Lipinski definition) is 1. The molecule has 0 atom stereocenters. The summed E-state index contributed by atoms with van der Waals surface area (Å²) in [6.45, 7) is 0.531. The zero-order chi connectivity index (χ0) is 10.7. The van der Waals surface area contributed by atoms with Crippen LogP contribution in [-0.4, -0.2) is 0 Å². The Kier molecular flexibility index (Phi) is 3.70. The molecule has 1 heterocycles. The Morgan fingerprint density at radius 2 is 2.20 bits per heavy atom. The third-order valence-corrected chi connectivity index (χ3v) is 4.48. The Bertz CT molecular complexity index is 440. The first-order valence-corrected chi connectivity index (χ1v) is 6.57. The lowest BCUT2D eigenvalue weighted by Crippen LogP contribution is -1.95. The third-order valence-electron chi connectivity index (χ3n) is 1.94. The smallest absolute Gasteiger partial charge is 0.0646 e. The highest BCUT2D eigenvalue weighted by atomic mass is 35.5. The fourth-order valence-corrected chi connectivity index (χ4v) is 3.24. The van der Waals surface area contributed by atoms with E-state index >= 15 is 0 Å². The minimum atomic E-state index is 0.531. The molecule has 0 amide bonds. The van der Waals surface area contributed by atoms with E-state index in [1.807, 2.05) is 24.3 Å².